The summed E-state index contributed by atoms with van der Waals surface area (Å²) < 4.78 is 11.1. The van der Waals surface area contributed by atoms with E-state index in [1.165, 1.54) is 0 Å². The Kier molecular flexibility index (Phi) is 5.30. The fraction of sp³-hybridized carbons (Fsp3) is 0.333. The highest BCUT2D eigenvalue weighted by Gasteiger charge is 2.33. The Morgan fingerprint density at radius 1 is 1.28 bits per heavy atom. The van der Waals surface area contributed by atoms with Crippen LogP contribution in [0.3, 0.4) is 0 Å². The summed E-state index contributed by atoms with van der Waals surface area (Å²) in [5.74, 6) is 1.19. The molecule has 5 rings (SSSR count). The second kappa shape index (κ2) is 8.14. The molecule has 0 spiro atoms. The maximum absolute atomic E-state index is 12.6. The van der Waals surface area contributed by atoms with E-state index in [0.717, 1.165) is 18.4 Å². The molecule has 1 saturated carbocycles. The van der Waals surface area contributed by atoms with E-state index < -0.39 is 0 Å². The highest BCUT2D eigenvalue weighted by Crippen LogP contribution is 2.42. The first-order chi connectivity index (χ1) is 15.4. The number of rotatable bonds is 5. The number of nitrogens with two attached hydrogens (primary N) is 1. The summed E-state index contributed by atoms with van der Waals surface area (Å²) in [7, 11) is 0. The minimum atomic E-state index is -0.130. The average molecular weight is 475 g/mol. The fourth-order valence-corrected chi connectivity index (χ4v) is 4.21. The van der Waals surface area contributed by atoms with E-state index in [1.807, 2.05) is 0 Å². The molecule has 2 aromatic heterocycles. The van der Waals surface area contributed by atoms with Crippen molar-refractivity contribution in [3.05, 3.63) is 51.0 Å². The molecule has 0 atom stereocenters. The van der Waals surface area contributed by atoms with Crippen LogP contribution in [-0.4, -0.2) is 32.1 Å². The highest BCUT2D eigenvalue weighted by atomic mass is 35.5. The van der Waals surface area contributed by atoms with Gasteiger partial charge in [-0.15, -0.1) is 0 Å². The molecule has 0 radical (unpaired) electrons. The summed E-state index contributed by atoms with van der Waals surface area (Å²) in [5.41, 5.74) is 9.14. The third-order valence-electron chi connectivity index (χ3n) is 5.30. The summed E-state index contributed by atoms with van der Waals surface area (Å²) in [6, 6.07) is 5.18. The number of ether oxygens (including phenoxy) is 1. The Morgan fingerprint density at radius 3 is 2.81 bits per heavy atom. The van der Waals surface area contributed by atoms with Gasteiger partial charge in [-0.25, -0.2) is 14.8 Å². The molecule has 2 aliphatic rings. The van der Waals surface area contributed by atoms with Crippen LogP contribution in [-0.2, 0) is 19.7 Å². The number of nitrogens with one attached hydrogen (secondary N) is 1. The molecule has 3 N–H and O–H groups in total. The molecule has 9 nitrogen and oxygen atoms in total. The lowest BCUT2D eigenvalue weighted by atomic mass is 10.0. The summed E-state index contributed by atoms with van der Waals surface area (Å²) in [4.78, 5) is 23.1. The maximum Gasteiger partial charge on any atom is 0.318 e. The Balaban J connectivity index is 1.50. The first-order valence-corrected chi connectivity index (χ1v) is 10.9. The second-order valence-electron chi connectivity index (χ2n) is 7.91. The largest absolute Gasteiger partial charge is 0.486 e. The zero-order valence-corrected chi connectivity index (χ0v) is 18.7. The lowest BCUT2D eigenvalue weighted by Gasteiger charge is -2.17. The summed E-state index contributed by atoms with van der Waals surface area (Å²) in [6.07, 6.45) is 2.02. The maximum atomic E-state index is 12.6. The van der Waals surface area contributed by atoms with E-state index in [4.69, 9.17) is 38.2 Å². The quantitative estimate of drug-likeness (QED) is 0.570. The molecule has 166 valence electrons. The lowest BCUT2D eigenvalue weighted by Crippen LogP contribution is -2.37. The van der Waals surface area contributed by atoms with E-state index in [0.29, 0.717) is 57.3 Å². The number of anilines is 1. The van der Waals surface area contributed by atoms with Gasteiger partial charge in [-0.2, -0.15) is 0 Å². The van der Waals surface area contributed by atoms with Crippen LogP contribution in [0, 0.1) is 6.92 Å². The Bertz CT molecular complexity index is 1210. The van der Waals surface area contributed by atoms with E-state index in [2.05, 4.69) is 20.4 Å². The number of carbonyl (C=O) groups excluding carboxylic acids is 1. The van der Waals surface area contributed by atoms with Gasteiger partial charge in [0.1, 0.15) is 23.8 Å². The summed E-state index contributed by atoms with van der Waals surface area (Å²) in [5, 5.41) is 7.71. The van der Waals surface area contributed by atoms with Gasteiger partial charge in [0.2, 0.25) is 5.95 Å². The zero-order chi connectivity index (χ0) is 22.4. The van der Waals surface area contributed by atoms with Crippen LogP contribution in [0.5, 0.6) is 5.75 Å². The Morgan fingerprint density at radius 2 is 2.09 bits per heavy atom. The van der Waals surface area contributed by atoms with Crippen molar-refractivity contribution in [2.24, 2.45) is 0 Å². The molecule has 2 amide bonds. The minimum Gasteiger partial charge on any atom is -0.486 e. The van der Waals surface area contributed by atoms with Crippen LogP contribution in [0.2, 0.25) is 10.0 Å². The van der Waals surface area contributed by atoms with Crippen LogP contribution < -0.4 is 15.8 Å². The predicted molar refractivity (Wildman–Crippen MR) is 118 cm³/mol. The van der Waals surface area contributed by atoms with Crippen LogP contribution in [0.25, 0.3) is 11.3 Å². The Hall–Kier alpha value is -3.04. The molecule has 3 aromatic rings. The van der Waals surface area contributed by atoms with Gasteiger partial charge in [-0.3, -0.25) is 0 Å². The third-order valence-corrected chi connectivity index (χ3v) is 5.82. The van der Waals surface area contributed by atoms with Crippen LogP contribution >= 0.6 is 23.2 Å². The van der Waals surface area contributed by atoms with Crippen molar-refractivity contribution in [2.45, 2.75) is 45.5 Å². The van der Waals surface area contributed by atoms with Crippen molar-refractivity contribution in [1.82, 2.24) is 25.3 Å². The molecular formula is C21H20Cl2N6O3. The molecule has 32 heavy (non-hydrogen) atoms. The van der Waals surface area contributed by atoms with E-state index >= 15 is 0 Å². The van der Waals surface area contributed by atoms with Crippen LogP contribution in [0.1, 0.15) is 35.6 Å². The number of hydrogen-bond donors (Lipinski definition) is 2. The van der Waals surface area contributed by atoms with Crippen molar-refractivity contribution in [2.75, 3.05) is 5.73 Å². The first kappa shape index (κ1) is 20.8. The molecular weight excluding hydrogens is 455 g/mol. The van der Waals surface area contributed by atoms with Gasteiger partial charge < -0.3 is 25.2 Å². The third kappa shape index (κ3) is 4.18. The smallest absolute Gasteiger partial charge is 0.318 e. The number of nitrogen functional groups attached to an aromatic ring is 1. The first-order valence-electron chi connectivity index (χ1n) is 10.1. The molecule has 0 bridgehead atoms. The summed E-state index contributed by atoms with van der Waals surface area (Å²) in [6.45, 7) is 2.63. The molecule has 3 heterocycles. The van der Waals surface area contributed by atoms with E-state index in [-0.39, 0.29) is 24.6 Å². The molecule has 0 saturated heterocycles. The molecule has 1 aromatic carbocycles. The molecule has 0 unspecified atom stereocenters. The fourth-order valence-electron chi connectivity index (χ4n) is 3.65. The van der Waals surface area contributed by atoms with Crippen molar-refractivity contribution in [3.8, 4) is 17.0 Å². The number of aromatic nitrogens is 3. The number of nitrogens with zero attached hydrogens (tertiary/aromatic N) is 4. The zero-order valence-electron chi connectivity index (χ0n) is 17.2. The predicted octanol–water partition coefficient (Wildman–Crippen LogP) is 4.10. The van der Waals surface area contributed by atoms with E-state index in [9.17, 15) is 4.79 Å². The molecule has 1 fully saturated rings. The standard InChI is InChI=1S/C21H20Cl2N6O3/c1-10-4-13(28-32-10)9-31-17-6-11(22)5-15(23)18(17)19-14-7-29(21(30)25-12-2-3-12)8-16(14)26-20(24)27-19/h4-6,12H,2-3,7-9H2,1H3,(H,25,30)(H2,24,26,27). The normalized spacial score (nSPS) is 15.0. The number of carbonyl (C=O) groups is 1. The number of aryl methyl sites for hydroxylation is 1. The van der Waals surface area contributed by atoms with Crippen molar-refractivity contribution in [3.63, 3.8) is 0 Å². The van der Waals surface area contributed by atoms with Crippen LogP contribution in [0.15, 0.2) is 22.7 Å². The van der Waals surface area contributed by atoms with Gasteiger partial charge in [0.15, 0.2) is 0 Å². The second-order valence-corrected chi connectivity index (χ2v) is 8.76. The number of urea groups is 1. The van der Waals surface area contributed by atoms with Crippen LogP contribution in [0.4, 0.5) is 10.7 Å². The number of halogens is 2. The van der Waals surface area contributed by atoms with Gasteiger partial charge in [0, 0.05) is 22.7 Å². The molecule has 11 heteroatoms. The monoisotopic (exact) mass is 474 g/mol. The summed E-state index contributed by atoms with van der Waals surface area (Å²) >= 11 is 12.8. The number of amides is 2. The van der Waals surface area contributed by atoms with Gasteiger partial charge in [0.05, 0.1) is 35.1 Å². The van der Waals surface area contributed by atoms with Crippen molar-refractivity contribution < 1.29 is 14.1 Å². The molecule has 1 aliphatic carbocycles. The SMILES string of the molecule is Cc1cc(COc2cc(Cl)cc(Cl)c2-c2nc(N)nc3c2CN(C(=O)NC2CC2)C3)no1. The van der Waals surface area contributed by atoms with Gasteiger partial charge in [0.25, 0.3) is 0 Å². The number of hydrogen-bond acceptors (Lipinski definition) is 7. The van der Waals surface area contributed by atoms with E-state index in [1.54, 1.807) is 30.0 Å². The van der Waals surface area contributed by atoms with Gasteiger partial charge in [-0.05, 0) is 31.9 Å². The topological polar surface area (TPSA) is 119 Å². The Labute approximate surface area is 193 Å². The number of benzene rings is 1. The highest BCUT2D eigenvalue weighted by molar-refractivity contribution is 6.37. The van der Waals surface area contributed by atoms with Crippen molar-refractivity contribution >= 4 is 35.2 Å². The minimum absolute atomic E-state index is 0.0901. The lowest BCUT2D eigenvalue weighted by molar-refractivity contribution is 0.197. The molecule has 1 aliphatic heterocycles. The van der Waals surface area contributed by atoms with Gasteiger partial charge in [-0.1, -0.05) is 28.4 Å². The average Bonchev–Trinajstić information content (AvgIpc) is 3.27. The number of fused-ring (bicyclic) bond motifs is 1. The van der Waals surface area contributed by atoms with Gasteiger partial charge >= 0.3 is 6.03 Å². The van der Waals surface area contributed by atoms with Crippen molar-refractivity contribution in [1.29, 1.82) is 0 Å².